The van der Waals surface area contributed by atoms with Crippen molar-refractivity contribution in [1.82, 2.24) is 9.97 Å². The van der Waals surface area contributed by atoms with Gasteiger partial charge in [-0.05, 0) is 13.3 Å². The number of aromatic nitrogens is 2. The summed E-state index contributed by atoms with van der Waals surface area (Å²) in [7, 11) is 0. The first kappa shape index (κ1) is 9.92. The molecule has 72 valence electrons. The van der Waals surface area contributed by atoms with Gasteiger partial charge in [-0.15, -0.1) is 0 Å². The first-order valence-electron chi connectivity index (χ1n) is 4.49. The Morgan fingerprint density at radius 1 is 1.69 bits per heavy atom. The van der Waals surface area contributed by atoms with Gasteiger partial charge in [0, 0.05) is 11.8 Å². The summed E-state index contributed by atoms with van der Waals surface area (Å²) in [5.74, 6) is 0.566. The summed E-state index contributed by atoms with van der Waals surface area (Å²) in [5, 5.41) is 0. The van der Waals surface area contributed by atoms with Gasteiger partial charge in [-0.25, -0.2) is 4.98 Å². The molecule has 13 heavy (non-hydrogen) atoms. The third-order valence-electron chi connectivity index (χ3n) is 1.75. The average molecular weight is 181 g/mol. The zero-order valence-electron chi connectivity index (χ0n) is 8.00. The zero-order chi connectivity index (χ0) is 9.84. The van der Waals surface area contributed by atoms with E-state index in [1.165, 1.54) is 6.07 Å². The number of nitrogens with one attached hydrogen (secondary N) is 1. The van der Waals surface area contributed by atoms with Crippen LogP contribution in [0.2, 0.25) is 0 Å². The van der Waals surface area contributed by atoms with E-state index in [0.29, 0.717) is 5.82 Å². The van der Waals surface area contributed by atoms with Crippen molar-refractivity contribution < 1.29 is 0 Å². The minimum Gasteiger partial charge on any atom is -0.322 e. The summed E-state index contributed by atoms with van der Waals surface area (Å²) in [5.41, 5.74) is 6.31. The molecule has 0 aliphatic rings. The Hall–Kier alpha value is -1.16. The molecule has 0 amide bonds. The SMILES string of the molecule is CCCc1cc(=O)[nH]c(C(C)N)n1. The van der Waals surface area contributed by atoms with E-state index in [9.17, 15) is 4.79 Å². The molecular formula is C9H15N3O. The Morgan fingerprint density at radius 2 is 2.38 bits per heavy atom. The van der Waals surface area contributed by atoms with Crippen molar-refractivity contribution in [2.75, 3.05) is 0 Å². The molecule has 1 unspecified atom stereocenters. The van der Waals surface area contributed by atoms with E-state index in [2.05, 4.69) is 16.9 Å². The molecule has 1 aromatic rings. The van der Waals surface area contributed by atoms with Crippen LogP contribution in [0, 0.1) is 0 Å². The number of aryl methyl sites for hydroxylation is 1. The number of nitrogens with two attached hydrogens (primary N) is 1. The van der Waals surface area contributed by atoms with Gasteiger partial charge >= 0.3 is 0 Å². The van der Waals surface area contributed by atoms with E-state index in [1.54, 1.807) is 6.92 Å². The van der Waals surface area contributed by atoms with Crippen LogP contribution < -0.4 is 11.3 Å². The molecule has 0 radical (unpaired) electrons. The second-order valence-electron chi connectivity index (χ2n) is 3.16. The van der Waals surface area contributed by atoms with Crippen LogP contribution in [-0.2, 0) is 6.42 Å². The summed E-state index contributed by atoms with van der Waals surface area (Å²) in [6.45, 7) is 3.85. The largest absolute Gasteiger partial charge is 0.322 e. The highest BCUT2D eigenvalue weighted by molar-refractivity contribution is 5.04. The normalized spacial score (nSPS) is 12.8. The molecule has 0 spiro atoms. The van der Waals surface area contributed by atoms with Gasteiger partial charge in [0.2, 0.25) is 0 Å². The minimum atomic E-state index is -0.218. The molecule has 0 aliphatic carbocycles. The van der Waals surface area contributed by atoms with Crippen molar-refractivity contribution in [1.29, 1.82) is 0 Å². The Balaban J connectivity index is 3.04. The fourth-order valence-electron chi connectivity index (χ4n) is 1.13. The Kier molecular flexibility index (Phi) is 3.19. The number of rotatable bonds is 3. The third kappa shape index (κ3) is 2.66. The van der Waals surface area contributed by atoms with Crippen molar-refractivity contribution in [3.8, 4) is 0 Å². The lowest BCUT2D eigenvalue weighted by atomic mass is 10.2. The number of nitrogens with zero attached hydrogens (tertiary/aromatic N) is 1. The topological polar surface area (TPSA) is 71.8 Å². The number of aromatic amines is 1. The second kappa shape index (κ2) is 4.18. The van der Waals surface area contributed by atoms with Crippen molar-refractivity contribution in [3.63, 3.8) is 0 Å². The van der Waals surface area contributed by atoms with E-state index in [0.717, 1.165) is 18.5 Å². The summed E-state index contributed by atoms with van der Waals surface area (Å²) >= 11 is 0. The average Bonchev–Trinajstić information content (AvgIpc) is 2.03. The Morgan fingerprint density at radius 3 is 2.92 bits per heavy atom. The van der Waals surface area contributed by atoms with Gasteiger partial charge in [-0.3, -0.25) is 4.79 Å². The lowest BCUT2D eigenvalue weighted by molar-refractivity contribution is 0.713. The first-order valence-corrected chi connectivity index (χ1v) is 4.49. The van der Waals surface area contributed by atoms with Gasteiger partial charge in [0.1, 0.15) is 5.82 Å². The Labute approximate surface area is 77.2 Å². The van der Waals surface area contributed by atoms with E-state index in [4.69, 9.17) is 5.73 Å². The van der Waals surface area contributed by atoms with Gasteiger partial charge in [0.15, 0.2) is 0 Å². The molecule has 1 aromatic heterocycles. The molecule has 0 bridgehead atoms. The molecule has 4 nitrogen and oxygen atoms in total. The van der Waals surface area contributed by atoms with Gasteiger partial charge in [-0.2, -0.15) is 0 Å². The van der Waals surface area contributed by atoms with Crippen LogP contribution in [0.25, 0.3) is 0 Å². The highest BCUT2D eigenvalue weighted by Crippen LogP contribution is 2.02. The van der Waals surface area contributed by atoms with Crippen LogP contribution in [0.4, 0.5) is 0 Å². The third-order valence-corrected chi connectivity index (χ3v) is 1.75. The van der Waals surface area contributed by atoms with Gasteiger partial charge in [-0.1, -0.05) is 13.3 Å². The predicted octanol–water partition coefficient (Wildman–Crippen LogP) is 0.742. The molecule has 1 rings (SSSR count). The van der Waals surface area contributed by atoms with Crippen LogP contribution in [0.1, 0.15) is 37.8 Å². The van der Waals surface area contributed by atoms with E-state index in [1.807, 2.05) is 0 Å². The molecule has 4 heteroatoms. The second-order valence-corrected chi connectivity index (χ2v) is 3.16. The summed E-state index contributed by atoms with van der Waals surface area (Å²) < 4.78 is 0. The molecule has 0 saturated heterocycles. The van der Waals surface area contributed by atoms with Crippen molar-refractivity contribution in [2.24, 2.45) is 5.73 Å². The van der Waals surface area contributed by atoms with Crippen LogP contribution >= 0.6 is 0 Å². The monoisotopic (exact) mass is 181 g/mol. The van der Waals surface area contributed by atoms with Gasteiger partial charge in [0.05, 0.1) is 6.04 Å². The minimum absolute atomic E-state index is 0.120. The maximum absolute atomic E-state index is 11.1. The summed E-state index contributed by atoms with van der Waals surface area (Å²) in [6, 6.07) is 1.31. The standard InChI is InChI=1S/C9H15N3O/c1-3-4-7-5-8(13)12-9(11-7)6(2)10/h5-6H,3-4,10H2,1-2H3,(H,11,12,13). The zero-order valence-corrected chi connectivity index (χ0v) is 8.00. The van der Waals surface area contributed by atoms with Crippen LogP contribution in [0.3, 0.4) is 0 Å². The number of hydrogen-bond acceptors (Lipinski definition) is 3. The number of hydrogen-bond donors (Lipinski definition) is 2. The summed E-state index contributed by atoms with van der Waals surface area (Å²) in [4.78, 5) is 18.0. The molecular weight excluding hydrogens is 166 g/mol. The van der Waals surface area contributed by atoms with Crippen LogP contribution in [0.15, 0.2) is 10.9 Å². The fraction of sp³-hybridized carbons (Fsp3) is 0.556. The molecule has 1 heterocycles. The summed E-state index contributed by atoms with van der Waals surface area (Å²) in [6.07, 6.45) is 1.80. The fourth-order valence-corrected chi connectivity index (χ4v) is 1.13. The first-order chi connectivity index (χ1) is 6.13. The Bertz CT molecular complexity index is 330. The van der Waals surface area contributed by atoms with Gasteiger partial charge in [0.25, 0.3) is 5.56 Å². The van der Waals surface area contributed by atoms with E-state index >= 15 is 0 Å². The smallest absolute Gasteiger partial charge is 0.251 e. The van der Waals surface area contributed by atoms with Crippen LogP contribution in [0.5, 0.6) is 0 Å². The molecule has 3 N–H and O–H groups in total. The predicted molar refractivity (Wildman–Crippen MR) is 51.5 cm³/mol. The quantitative estimate of drug-likeness (QED) is 0.722. The van der Waals surface area contributed by atoms with Crippen LogP contribution in [-0.4, -0.2) is 9.97 Å². The maximum Gasteiger partial charge on any atom is 0.251 e. The number of H-pyrrole nitrogens is 1. The molecule has 0 fully saturated rings. The molecule has 0 aromatic carbocycles. The molecule has 0 saturated carbocycles. The maximum atomic E-state index is 11.1. The van der Waals surface area contributed by atoms with Crippen molar-refractivity contribution in [2.45, 2.75) is 32.7 Å². The molecule has 0 aliphatic heterocycles. The van der Waals surface area contributed by atoms with E-state index in [-0.39, 0.29) is 11.6 Å². The lowest BCUT2D eigenvalue weighted by Gasteiger charge is -2.05. The molecule has 1 atom stereocenters. The highest BCUT2D eigenvalue weighted by atomic mass is 16.1. The lowest BCUT2D eigenvalue weighted by Crippen LogP contribution is -2.18. The van der Waals surface area contributed by atoms with Crippen molar-refractivity contribution in [3.05, 3.63) is 27.9 Å². The van der Waals surface area contributed by atoms with Crippen molar-refractivity contribution >= 4 is 0 Å². The highest BCUT2D eigenvalue weighted by Gasteiger charge is 2.04. The van der Waals surface area contributed by atoms with E-state index < -0.39 is 0 Å². The van der Waals surface area contributed by atoms with Gasteiger partial charge < -0.3 is 10.7 Å².